The van der Waals surface area contributed by atoms with Crippen molar-refractivity contribution in [3.63, 3.8) is 0 Å². The van der Waals surface area contributed by atoms with Crippen molar-refractivity contribution in [2.24, 2.45) is 5.92 Å². The summed E-state index contributed by atoms with van der Waals surface area (Å²) in [7, 11) is 0. The van der Waals surface area contributed by atoms with E-state index in [4.69, 9.17) is 4.84 Å². The van der Waals surface area contributed by atoms with Crippen molar-refractivity contribution >= 4 is 23.8 Å². The van der Waals surface area contributed by atoms with Gasteiger partial charge in [0.2, 0.25) is 0 Å². The van der Waals surface area contributed by atoms with Gasteiger partial charge in [0, 0.05) is 13.1 Å². The minimum absolute atomic E-state index is 0.191. The summed E-state index contributed by atoms with van der Waals surface area (Å²) >= 11 is 0. The highest BCUT2D eigenvalue weighted by Crippen LogP contribution is 2.23. The van der Waals surface area contributed by atoms with Crippen LogP contribution >= 0.6 is 0 Å². The molecule has 1 aromatic rings. The smallest absolute Gasteiger partial charge is 0.327 e. The van der Waals surface area contributed by atoms with E-state index in [9.17, 15) is 19.2 Å². The Morgan fingerprint density at radius 2 is 1.67 bits per heavy atom. The summed E-state index contributed by atoms with van der Waals surface area (Å²) in [6.07, 6.45) is 2.48. The number of urea groups is 1. The summed E-state index contributed by atoms with van der Waals surface area (Å²) in [6, 6.07) is 4.99. The molecule has 0 radical (unpaired) electrons. The quantitative estimate of drug-likeness (QED) is 0.796. The molecule has 0 spiro atoms. The van der Waals surface area contributed by atoms with Gasteiger partial charge in [0.05, 0.1) is 11.1 Å². The molecule has 2 aliphatic heterocycles. The molecule has 2 aliphatic rings. The first-order chi connectivity index (χ1) is 12.9. The van der Waals surface area contributed by atoms with Crippen LogP contribution < -0.4 is 5.32 Å². The average Bonchev–Trinajstić information content (AvgIpc) is 3.29. The third-order valence-electron chi connectivity index (χ3n) is 5.08. The second-order valence-electron chi connectivity index (χ2n) is 6.87. The molecule has 0 bridgehead atoms. The molecule has 8 nitrogen and oxygen atoms in total. The molecule has 3 rings (SSSR count). The van der Waals surface area contributed by atoms with Crippen LogP contribution in [0.1, 0.15) is 53.8 Å². The zero-order valence-electron chi connectivity index (χ0n) is 15.4. The van der Waals surface area contributed by atoms with Crippen LogP contribution in [0.4, 0.5) is 4.79 Å². The summed E-state index contributed by atoms with van der Waals surface area (Å²) in [5, 5.41) is 3.17. The van der Waals surface area contributed by atoms with Crippen molar-refractivity contribution in [2.75, 3.05) is 13.1 Å². The number of likely N-dealkylation sites (tertiary alicyclic amines) is 1. The van der Waals surface area contributed by atoms with Crippen LogP contribution in [-0.2, 0) is 9.63 Å². The van der Waals surface area contributed by atoms with E-state index < -0.39 is 23.8 Å². The number of benzene rings is 1. The number of carbonyl (C=O) groups is 4. The van der Waals surface area contributed by atoms with Crippen LogP contribution in [0.15, 0.2) is 24.3 Å². The molecule has 2 atom stereocenters. The Labute approximate surface area is 157 Å². The van der Waals surface area contributed by atoms with Crippen LogP contribution in [0.2, 0.25) is 0 Å². The van der Waals surface area contributed by atoms with E-state index in [1.165, 1.54) is 12.1 Å². The van der Waals surface area contributed by atoms with Gasteiger partial charge in [-0.25, -0.2) is 9.59 Å². The molecule has 1 unspecified atom stereocenters. The average molecular weight is 373 g/mol. The number of carbonyl (C=O) groups excluding carboxylic acids is 4. The van der Waals surface area contributed by atoms with E-state index in [-0.39, 0.29) is 23.1 Å². The zero-order valence-corrected chi connectivity index (χ0v) is 15.4. The lowest BCUT2D eigenvalue weighted by atomic mass is 9.99. The van der Waals surface area contributed by atoms with Gasteiger partial charge in [0.1, 0.15) is 6.04 Å². The maximum absolute atomic E-state index is 12.7. The Bertz CT molecular complexity index is 737. The van der Waals surface area contributed by atoms with Crippen LogP contribution in [-0.4, -0.2) is 52.9 Å². The van der Waals surface area contributed by atoms with Crippen LogP contribution in [0.25, 0.3) is 0 Å². The van der Waals surface area contributed by atoms with Crippen LogP contribution in [0, 0.1) is 5.92 Å². The fourth-order valence-electron chi connectivity index (χ4n) is 3.21. The highest BCUT2D eigenvalue weighted by atomic mass is 16.7. The number of fused-ring (bicyclic) bond motifs is 1. The van der Waals surface area contributed by atoms with Crippen molar-refractivity contribution in [3.05, 3.63) is 35.4 Å². The second kappa shape index (κ2) is 7.77. The normalized spacial score (nSPS) is 18.3. The van der Waals surface area contributed by atoms with E-state index in [0.29, 0.717) is 24.6 Å². The van der Waals surface area contributed by atoms with Gasteiger partial charge in [-0.15, -0.1) is 0 Å². The highest BCUT2D eigenvalue weighted by molar-refractivity contribution is 6.20. The van der Waals surface area contributed by atoms with Crippen LogP contribution in [0.3, 0.4) is 0 Å². The van der Waals surface area contributed by atoms with Crippen molar-refractivity contribution < 1.29 is 24.0 Å². The number of hydroxylamine groups is 2. The molecule has 1 saturated heterocycles. The molecule has 1 fully saturated rings. The molecule has 1 aromatic carbocycles. The van der Waals surface area contributed by atoms with E-state index in [1.807, 2.05) is 6.92 Å². The van der Waals surface area contributed by atoms with Gasteiger partial charge in [0.15, 0.2) is 0 Å². The molecule has 0 aromatic heterocycles. The van der Waals surface area contributed by atoms with E-state index in [1.54, 1.807) is 24.0 Å². The fourth-order valence-corrected chi connectivity index (χ4v) is 3.21. The monoisotopic (exact) mass is 373 g/mol. The molecule has 4 amide bonds. The van der Waals surface area contributed by atoms with Gasteiger partial charge in [-0.2, -0.15) is 0 Å². The first-order valence-electron chi connectivity index (χ1n) is 9.19. The van der Waals surface area contributed by atoms with Gasteiger partial charge in [-0.3, -0.25) is 9.59 Å². The molecule has 0 aliphatic carbocycles. The largest absolute Gasteiger partial charge is 0.355 e. The SMILES string of the molecule is CCC(C)[C@H](NC(=O)N1CCCC1)C(=O)ON1C(=O)c2ccccc2C1=O. The maximum atomic E-state index is 12.7. The topological polar surface area (TPSA) is 96.0 Å². The first kappa shape index (κ1) is 18.9. The summed E-state index contributed by atoms with van der Waals surface area (Å²) in [5.74, 6) is -2.42. The lowest BCUT2D eigenvalue weighted by molar-refractivity contribution is -0.172. The number of hydrogen-bond acceptors (Lipinski definition) is 5. The number of nitrogens with zero attached hydrogens (tertiary/aromatic N) is 2. The van der Waals surface area contributed by atoms with Crippen molar-refractivity contribution in [1.82, 2.24) is 15.3 Å². The molecule has 144 valence electrons. The third kappa shape index (κ3) is 3.65. The Morgan fingerprint density at radius 3 is 2.19 bits per heavy atom. The number of rotatable bonds is 5. The lowest BCUT2D eigenvalue weighted by Gasteiger charge is -2.26. The van der Waals surface area contributed by atoms with Crippen LogP contribution in [0.5, 0.6) is 0 Å². The standard InChI is InChI=1S/C19H23N3O5/c1-3-12(2)15(20-19(26)21-10-6-7-11-21)18(25)27-22-16(23)13-8-4-5-9-14(13)17(22)24/h4-5,8-9,12,15H,3,6-7,10-11H2,1-2H3,(H,20,26)/t12?,15-/m0/s1. The molecule has 0 saturated carbocycles. The summed E-state index contributed by atoms with van der Waals surface area (Å²) in [6.45, 7) is 4.98. The van der Waals surface area contributed by atoms with Crippen molar-refractivity contribution in [2.45, 2.75) is 39.2 Å². The highest BCUT2D eigenvalue weighted by Gasteiger charge is 2.41. The molecule has 1 N–H and O–H groups in total. The Morgan fingerprint density at radius 1 is 1.11 bits per heavy atom. The molecular formula is C19H23N3O5. The van der Waals surface area contributed by atoms with E-state index in [2.05, 4.69) is 5.32 Å². The van der Waals surface area contributed by atoms with Gasteiger partial charge < -0.3 is 15.1 Å². The predicted octanol–water partition coefficient (Wildman–Crippen LogP) is 1.96. The van der Waals surface area contributed by atoms with Gasteiger partial charge in [-0.1, -0.05) is 37.5 Å². The lowest BCUT2D eigenvalue weighted by Crippen LogP contribution is -2.52. The Hall–Kier alpha value is -2.90. The van der Waals surface area contributed by atoms with Crippen molar-refractivity contribution in [3.8, 4) is 0 Å². The van der Waals surface area contributed by atoms with Gasteiger partial charge in [0.25, 0.3) is 11.8 Å². The molecular weight excluding hydrogens is 350 g/mol. The minimum Gasteiger partial charge on any atom is -0.327 e. The summed E-state index contributed by atoms with van der Waals surface area (Å²) < 4.78 is 0. The number of imide groups is 1. The molecule has 27 heavy (non-hydrogen) atoms. The number of nitrogens with one attached hydrogen (secondary N) is 1. The van der Waals surface area contributed by atoms with Gasteiger partial charge in [-0.05, 0) is 30.9 Å². The Kier molecular flexibility index (Phi) is 5.43. The number of amides is 4. The second-order valence-corrected chi connectivity index (χ2v) is 6.87. The van der Waals surface area contributed by atoms with Gasteiger partial charge >= 0.3 is 12.0 Å². The van der Waals surface area contributed by atoms with Crippen molar-refractivity contribution in [1.29, 1.82) is 0 Å². The predicted molar refractivity (Wildman–Crippen MR) is 95.6 cm³/mol. The molecule has 2 heterocycles. The van der Waals surface area contributed by atoms with E-state index >= 15 is 0 Å². The number of hydrogen-bond donors (Lipinski definition) is 1. The van der Waals surface area contributed by atoms with E-state index in [0.717, 1.165) is 12.8 Å². The maximum Gasteiger partial charge on any atom is 0.355 e. The zero-order chi connectivity index (χ0) is 19.6. The third-order valence-corrected chi connectivity index (χ3v) is 5.08. The minimum atomic E-state index is -0.951. The molecule has 8 heteroatoms. The summed E-state index contributed by atoms with van der Waals surface area (Å²) in [4.78, 5) is 56.6. The Balaban J connectivity index is 1.72. The fraction of sp³-hybridized carbons (Fsp3) is 0.474. The summed E-state index contributed by atoms with van der Waals surface area (Å²) in [5.41, 5.74) is 0.382. The first-order valence-corrected chi connectivity index (χ1v) is 9.19.